The van der Waals surface area contributed by atoms with Gasteiger partial charge < -0.3 is 10.6 Å². The third-order valence-corrected chi connectivity index (χ3v) is 3.36. The van der Waals surface area contributed by atoms with Crippen LogP contribution in [0.25, 0.3) is 11.2 Å². The SMILES string of the molecule is O=C1NC(NNc2nc3nccnc3c(=O)[nH]2)NC2=NCC=NC12. The van der Waals surface area contributed by atoms with Gasteiger partial charge in [0.05, 0.1) is 6.54 Å². The summed E-state index contributed by atoms with van der Waals surface area (Å²) >= 11 is 0. The molecule has 0 spiro atoms. The van der Waals surface area contributed by atoms with Gasteiger partial charge in [-0.1, -0.05) is 0 Å². The predicted octanol–water partition coefficient (Wildman–Crippen LogP) is -2.52. The molecule has 2 aliphatic rings. The number of aliphatic imine (C=N–C) groups is 2. The van der Waals surface area contributed by atoms with Crippen LogP contribution in [0.4, 0.5) is 5.95 Å². The van der Waals surface area contributed by atoms with Crippen LogP contribution in [0.1, 0.15) is 0 Å². The maximum Gasteiger partial charge on any atom is 0.280 e. The number of hydrogen-bond acceptors (Lipinski definition) is 10. The van der Waals surface area contributed by atoms with Crippen LogP contribution in [0.3, 0.4) is 0 Å². The minimum Gasteiger partial charge on any atom is -0.338 e. The number of carbonyl (C=O) groups is 1. The van der Waals surface area contributed by atoms with Gasteiger partial charge in [-0.2, -0.15) is 10.4 Å². The summed E-state index contributed by atoms with van der Waals surface area (Å²) < 4.78 is 0. The largest absolute Gasteiger partial charge is 0.338 e. The van der Waals surface area contributed by atoms with Crippen LogP contribution in [-0.4, -0.2) is 56.8 Å². The Morgan fingerprint density at radius 3 is 2.96 bits per heavy atom. The maximum absolute atomic E-state index is 12.0. The zero-order chi connectivity index (χ0) is 16.5. The normalized spacial score (nSPS) is 22.3. The lowest BCUT2D eigenvalue weighted by atomic mass is 10.2. The van der Waals surface area contributed by atoms with Crippen molar-refractivity contribution in [1.82, 2.24) is 36.0 Å². The number of amidine groups is 1. The standard InChI is InChI=1S/C12H12N10O2/c23-9-5-7(15-3-1-13-5)17-11(19-9)21-22-12-18-8-6(10(24)20-12)14-2-4-16-8/h1-3,6,12,22H,4H2,(H,16,18)(H,20,24)(H2,15,17,19,21,23). The van der Waals surface area contributed by atoms with Gasteiger partial charge >= 0.3 is 0 Å². The topological polar surface area (TPSA) is 161 Å². The molecule has 1 amide bonds. The van der Waals surface area contributed by atoms with Crippen molar-refractivity contribution in [3.63, 3.8) is 0 Å². The molecular weight excluding hydrogens is 316 g/mol. The number of H-pyrrole nitrogens is 1. The highest BCUT2D eigenvalue weighted by atomic mass is 16.2. The fraction of sp³-hybridized carbons (Fsp3) is 0.250. The van der Waals surface area contributed by atoms with Crippen LogP contribution < -0.4 is 27.0 Å². The van der Waals surface area contributed by atoms with Crippen molar-refractivity contribution in [3.8, 4) is 0 Å². The highest BCUT2D eigenvalue weighted by Gasteiger charge is 2.33. The van der Waals surface area contributed by atoms with Gasteiger partial charge in [-0.3, -0.25) is 30.0 Å². The summed E-state index contributed by atoms with van der Waals surface area (Å²) in [6.45, 7) is 0.421. The molecule has 1 fully saturated rings. The van der Waals surface area contributed by atoms with E-state index in [-0.39, 0.29) is 23.0 Å². The molecule has 0 aromatic carbocycles. The molecule has 0 aliphatic carbocycles. The van der Waals surface area contributed by atoms with Crippen molar-refractivity contribution in [2.75, 3.05) is 12.0 Å². The van der Waals surface area contributed by atoms with Crippen LogP contribution >= 0.6 is 0 Å². The summed E-state index contributed by atoms with van der Waals surface area (Å²) in [5.74, 6) is 0.328. The van der Waals surface area contributed by atoms with Crippen molar-refractivity contribution in [2.24, 2.45) is 9.98 Å². The molecule has 12 nitrogen and oxygen atoms in total. The average Bonchev–Trinajstić information content (AvgIpc) is 2.60. The summed E-state index contributed by atoms with van der Waals surface area (Å²) in [6.07, 6.45) is 3.79. The summed E-state index contributed by atoms with van der Waals surface area (Å²) in [5.41, 5.74) is 5.42. The summed E-state index contributed by atoms with van der Waals surface area (Å²) in [6, 6.07) is -0.648. The van der Waals surface area contributed by atoms with E-state index in [1.807, 2.05) is 0 Å². The number of hydrogen-bond donors (Lipinski definition) is 5. The highest BCUT2D eigenvalue weighted by Crippen LogP contribution is 2.04. The molecule has 1 saturated heterocycles. The second-order valence-electron chi connectivity index (χ2n) is 4.96. The minimum absolute atomic E-state index is 0.134. The first-order valence-corrected chi connectivity index (χ1v) is 7.06. The zero-order valence-electron chi connectivity index (χ0n) is 12.1. The van der Waals surface area contributed by atoms with Gasteiger partial charge in [0.15, 0.2) is 23.5 Å². The predicted molar refractivity (Wildman–Crippen MR) is 84.4 cm³/mol. The third kappa shape index (κ3) is 2.54. The molecule has 12 heteroatoms. The van der Waals surface area contributed by atoms with Crippen molar-refractivity contribution in [1.29, 1.82) is 0 Å². The first-order valence-electron chi connectivity index (χ1n) is 7.06. The number of anilines is 1. The summed E-state index contributed by atoms with van der Waals surface area (Å²) in [4.78, 5) is 46.7. The fourth-order valence-corrected chi connectivity index (χ4v) is 2.32. The molecule has 24 heavy (non-hydrogen) atoms. The van der Waals surface area contributed by atoms with Crippen LogP contribution in [0.15, 0.2) is 27.2 Å². The molecule has 0 saturated carbocycles. The van der Waals surface area contributed by atoms with E-state index in [1.54, 1.807) is 6.21 Å². The summed E-state index contributed by atoms with van der Waals surface area (Å²) in [5, 5.41) is 5.66. The zero-order valence-corrected chi connectivity index (χ0v) is 12.1. The molecule has 0 bridgehead atoms. The lowest BCUT2D eigenvalue weighted by molar-refractivity contribution is -0.122. The van der Waals surface area contributed by atoms with Gasteiger partial charge in [0.2, 0.25) is 5.95 Å². The molecule has 4 heterocycles. The molecule has 122 valence electrons. The van der Waals surface area contributed by atoms with Crippen molar-refractivity contribution in [3.05, 3.63) is 22.7 Å². The average molecular weight is 328 g/mol. The van der Waals surface area contributed by atoms with E-state index >= 15 is 0 Å². The van der Waals surface area contributed by atoms with Gasteiger partial charge in [0, 0.05) is 18.6 Å². The lowest BCUT2D eigenvalue weighted by Crippen LogP contribution is -2.67. The van der Waals surface area contributed by atoms with E-state index in [0.29, 0.717) is 12.4 Å². The van der Waals surface area contributed by atoms with Gasteiger partial charge in [-0.05, 0) is 0 Å². The van der Waals surface area contributed by atoms with E-state index < -0.39 is 17.9 Å². The first-order chi connectivity index (χ1) is 11.7. The number of nitrogens with one attached hydrogen (secondary N) is 5. The molecule has 2 aliphatic heterocycles. The molecule has 0 radical (unpaired) electrons. The van der Waals surface area contributed by atoms with Gasteiger partial charge in [-0.15, -0.1) is 0 Å². The van der Waals surface area contributed by atoms with E-state index in [0.717, 1.165) is 0 Å². The minimum atomic E-state index is -0.649. The first kappa shape index (κ1) is 14.2. The van der Waals surface area contributed by atoms with Gasteiger partial charge in [-0.25, -0.2) is 9.97 Å². The Kier molecular flexibility index (Phi) is 3.35. The van der Waals surface area contributed by atoms with Crippen LogP contribution in [0.5, 0.6) is 0 Å². The van der Waals surface area contributed by atoms with Gasteiger partial charge in [0.1, 0.15) is 5.84 Å². The Labute approximate surface area is 133 Å². The third-order valence-electron chi connectivity index (χ3n) is 3.36. The Bertz CT molecular complexity index is 919. The van der Waals surface area contributed by atoms with Crippen LogP contribution in [0, 0.1) is 0 Å². The van der Waals surface area contributed by atoms with E-state index in [4.69, 9.17) is 0 Å². The number of rotatable bonds is 3. The number of aromatic nitrogens is 4. The second kappa shape index (κ2) is 5.66. The molecular formula is C12H12N10O2. The van der Waals surface area contributed by atoms with Crippen LogP contribution in [0.2, 0.25) is 0 Å². The molecule has 2 atom stereocenters. The van der Waals surface area contributed by atoms with Gasteiger partial charge in [0.25, 0.3) is 11.5 Å². The van der Waals surface area contributed by atoms with Crippen molar-refractivity contribution >= 4 is 35.1 Å². The number of carbonyl (C=O) groups excluding carboxylic acids is 1. The fourth-order valence-electron chi connectivity index (χ4n) is 2.32. The van der Waals surface area contributed by atoms with Crippen molar-refractivity contribution < 1.29 is 4.79 Å². The van der Waals surface area contributed by atoms with E-state index in [2.05, 4.69) is 51.4 Å². The Morgan fingerprint density at radius 1 is 1.17 bits per heavy atom. The highest BCUT2D eigenvalue weighted by molar-refractivity contribution is 6.11. The Morgan fingerprint density at radius 2 is 2.04 bits per heavy atom. The number of hydrazine groups is 1. The Hall–Kier alpha value is -3.41. The number of fused-ring (bicyclic) bond motifs is 2. The number of aromatic amines is 1. The molecule has 2 unspecified atom stereocenters. The smallest absolute Gasteiger partial charge is 0.280 e. The van der Waals surface area contributed by atoms with Crippen molar-refractivity contribution in [2.45, 2.75) is 12.3 Å². The molecule has 5 N–H and O–H groups in total. The monoisotopic (exact) mass is 328 g/mol. The number of nitrogens with zero attached hydrogens (tertiary/aromatic N) is 5. The maximum atomic E-state index is 12.0. The molecule has 4 rings (SSSR count). The lowest BCUT2D eigenvalue weighted by Gasteiger charge is -2.32. The summed E-state index contributed by atoms with van der Waals surface area (Å²) in [7, 11) is 0. The Balaban J connectivity index is 1.48. The van der Waals surface area contributed by atoms with E-state index in [1.165, 1.54) is 12.4 Å². The number of amides is 1. The van der Waals surface area contributed by atoms with E-state index in [9.17, 15) is 9.59 Å². The second-order valence-corrected chi connectivity index (χ2v) is 4.96. The van der Waals surface area contributed by atoms with Crippen LogP contribution in [-0.2, 0) is 4.79 Å². The molecule has 2 aromatic heterocycles. The quantitative estimate of drug-likeness (QED) is 0.386. The molecule has 2 aromatic rings.